The number of benzene rings is 1. The third kappa shape index (κ3) is 2.94. The van der Waals surface area contributed by atoms with E-state index >= 15 is 0 Å². The second-order valence-corrected chi connectivity index (χ2v) is 6.25. The number of H-pyrrole nitrogens is 1. The maximum Gasteiger partial charge on any atom is 0.262 e. The quantitative estimate of drug-likeness (QED) is 0.589. The van der Waals surface area contributed by atoms with Gasteiger partial charge in [0.2, 0.25) is 0 Å². The summed E-state index contributed by atoms with van der Waals surface area (Å²) in [6, 6.07) is 13.0. The summed E-state index contributed by atoms with van der Waals surface area (Å²) >= 11 is 1.35. The lowest BCUT2D eigenvalue weighted by Gasteiger charge is -2.05. The van der Waals surface area contributed by atoms with Crippen molar-refractivity contribution in [2.45, 2.75) is 6.54 Å². The van der Waals surface area contributed by atoms with Crippen molar-refractivity contribution < 1.29 is 4.79 Å². The Balaban J connectivity index is 1.66. The molecule has 2 N–H and O–H groups in total. The summed E-state index contributed by atoms with van der Waals surface area (Å²) in [5.74, 6) is 0.175. The van der Waals surface area contributed by atoms with Gasteiger partial charge in [0.25, 0.3) is 11.5 Å². The number of nitrogens with zero attached hydrogens (tertiary/aromatic N) is 3. The van der Waals surface area contributed by atoms with Gasteiger partial charge in [-0.1, -0.05) is 24.3 Å². The molecule has 0 fully saturated rings. The summed E-state index contributed by atoms with van der Waals surface area (Å²) in [6.45, 7) is 0.127. The SMILES string of the molecule is O=C(NCc1nc2c(cnn2-c2ccccc2)c(=O)[nH]1)c1cccs1. The van der Waals surface area contributed by atoms with Gasteiger partial charge in [0, 0.05) is 0 Å². The number of para-hydroxylation sites is 1. The molecule has 0 aliphatic rings. The van der Waals surface area contributed by atoms with Gasteiger partial charge in [-0.15, -0.1) is 11.3 Å². The summed E-state index contributed by atoms with van der Waals surface area (Å²) in [4.78, 5) is 32.0. The largest absolute Gasteiger partial charge is 0.344 e. The van der Waals surface area contributed by atoms with E-state index in [1.165, 1.54) is 17.5 Å². The summed E-state index contributed by atoms with van der Waals surface area (Å²) in [5, 5.41) is 9.24. The molecule has 3 aromatic heterocycles. The first-order chi connectivity index (χ1) is 12.2. The molecule has 0 bridgehead atoms. The molecule has 0 aliphatic carbocycles. The number of aromatic nitrogens is 4. The van der Waals surface area contributed by atoms with Gasteiger partial charge in [-0.2, -0.15) is 5.10 Å². The van der Waals surface area contributed by atoms with Crippen LogP contribution in [0.3, 0.4) is 0 Å². The first-order valence-corrected chi connectivity index (χ1v) is 8.44. The van der Waals surface area contributed by atoms with E-state index in [0.29, 0.717) is 21.7 Å². The van der Waals surface area contributed by atoms with E-state index in [0.717, 1.165) is 5.69 Å². The van der Waals surface area contributed by atoms with Crippen LogP contribution in [0, 0.1) is 0 Å². The maximum absolute atomic E-state index is 12.3. The lowest BCUT2D eigenvalue weighted by Crippen LogP contribution is -2.25. The molecule has 0 radical (unpaired) electrons. The second kappa shape index (κ2) is 6.33. The number of thiophene rings is 1. The van der Waals surface area contributed by atoms with Crippen LogP contribution in [0.5, 0.6) is 0 Å². The topological polar surface area (TPSA) is 92.7 Å². The van der Waals surface area contributed by atoms with Crippen LogP contribution in [0.25, 0.3) is 16.7 Å². The van der Waals surface area contributed by atoms with Gasteiger partial charge >= 0.3 is 0 Å². The molecule has 0 spiro atoms. The molecule has 4 rings (SSSR count). The van der Waals surface area contributed by atoms with E-state index < -0.39 is 0 Å². The highest BCUT2D eigenvalue weighted by molar-refractivity contribution is 7.12. The lowest BCUT2D eigenvalue weighted by molar-refractivity contribution is 0.0954. The highest BCUT2D eigenvalue weighted by Crippen LogP contribution is 2.13. The summed E-state index contributed by atoms with van der Waals surface area (Å²) in [7, 11) is 0. The number of carbonyl (C=O) groups is 1. The normalized spacial score (nSPS) is 10.9. The number of fused-ring (bicyclic) bond motifs is 1. The number of aromatic amines is 1. The minimum atomic E-state index is -0.285. The molecule has 25 heavy (non-hydrogen) atoms. The van der Waals surface area contributed by atoms with Gasteiger partial charge in [0.1, 0.15) is 11.2 Å². The fourth-order valence-corrected chi connectivity index (χ4v) is 3.10. The van der Waals surface area contributed by atoms with Crippen molar-refractivity contribution in [3.05, 3.63) is 75.1 Å². The fourth-order valence-electron chi connectivity index (χ4n) is 2.46. The zero-order valence-electron chi connectivity index (χ0n) is 13.0. The molecule has 1 amide bonds. The summed E-state index contributed by atoms with van der Waals surface area (Å²) in [5.41, 5.74) is 0.979. The van der Waals surface area contributed by atoms with Crippen molar-refractivity contribution in [2.24, 2.45) is 0 Å². The molecule has 0 unspecified atom stereocenters. The predicted octanol–water partition coefficient (Wildman–Crippen LogP) is 2.10. The Hall–Kier alpha value is -3.26. The summed E-state index contributed by atoms with van der Waals surface area (Å²) in [6.07, 6.45) is 1.49. The number of hydrogen-bond acceptors (Lipinski definition) is 5. The van der Waals surface area contributed by atoms with Crippen LogP contribution in [0.15, 0.2) is 58.8 Å². The smallest absolute Gasteiger partial charge is 0.262 e. The zero-order valence-corrected chi connectivity index (χ0v) is 13.8. The van der Waals surface area contributed by atoms with Crippen LogP contribution in [0.4, 0.5) is 0 Å². The Morgan fingerprint density at radius 2 is 2.04 bits per heavy atom. The molecule has 4 aromatic rings. The number of carbonyl (C=O) groups excluding carboxylic acids is 1. The number of rotatable bonds is 4. The van der Waals surface area contributed by atoms with Gasteiger partial charge in [-0.3, -0.25) is 9.59 Å². The molecule has 0 saturated heterocycles. The van der Waals surface area contributed by atoms with Gasteiger partial charge in [-0.25, -0.2) is 9.67 Å². The van der Waals surface area contributed by atoms with E-state index in [1.54, 1.807) is 10.7 Å². The van der Waals surface area contributed by atoms with Crippen LogP contribution < -0.4 is 10.9 Å². The Bertz CT molecular complexity index is 1080. The Morgan fingerprint density at radius 3 is 2.80 bits per heavy atom. The Kier molecular flexibility index (Phi) is 3.87. The molecule has 0 aliphatic heterocycles. The minimum Gasteiger partial charge on any atom is -0.344 e. The molecule has 0 atom stereocenters. The van der Waals surface area contributed by atoms with Crippen molar-refractivity contribution in [1.82, 2.24) is 25.1 Å². The van der Waals surface area contributed by atoms with Crippen LogP contribution in [0.2, 0.25) is 0 Å². The molecule has 3 heterocycles. The standard InChI is InChI=1S/C17H13N5O2S/c23-16-12-9-19-22(11-5-2-1-3-6-11)15(12)20-14(21-16)10-18-17(24)13-7-4-8-25-13/h1-9H,10H2,(H,18,24)(H,20,21,23). The van der Waals surface area contributed by atoms with Crippen LogP contribution >= 0.6 is 11.3 Å². The fraction of sp³-hybridized carbons (Fsp3) is 0.0588. The molecule has 124 valence electrons. The number of hydrogen-bond donors (Lipinski definition) is 2. The van der Waals surface area contributed by atoms with E-state index in [4.69, 9.17) is 0 Å². The van der Waals surface area contributed by atoms with E-state index in [2.05, 4.69) is 20.4 Å². The molecule has 7 nitrogen and oxygen atoms in total. The van der Waals surface area contributed by atoms with Crippen LogP contribution in [-0.2, 0) is 6.54 Å². The van der Waals surface area contributed by atoms with Crippen molar-refractivity contribution in [3.8, 4) is 5.69 Å². The van der Waals surface area contributed by atoms with Crippen molar-refractivity contribution in [3.63, 3.8) is 0 Å². The molecule has 8 heteroatoms. The second-order valence-electron chi connectivity index (χ2n) is 5.30. The average molecular weight is 351 g/mol. The zero-order chi connectivity index (χ0) is 17.2. The van der Waals surface area contributed by atoms with Gasteiger partial charge in [0.15, 0.2) is 5.65 Å². The first kappa shape index (κ1) is 15.3. The van der Waals surface area contributed by atoms with Gasteiger partial charge < -0.3 is 10.3 Å². The minimum absolute atomic E-state index is 0.127. The summed E-state index contributed by atoms with van der Waals surface area (Å²) < 4.78 is 1.61. The van der Waals surface area contributed by atoms with Crippen molar-refractivity contribution in [2.75, 3.05) is 0 Å². The van der Waals surface area contributed by atoms with Crippen molar-refractivity contribution >= 4 is 28.3 Å². The van der Waals surface area contributed by atoms with Crippen LogP contribution in [0.1, 0.15) is 15.5 Å². The lowest BCUT2D eigenvalue weighted by atomic mass is 10.3. The first-order valence-electron chi connectivity index (χ1n) is 7.56. The predicted molar refractivity (Wildman–Crippen MR) is 95.0 cm³/mol. The highest BCUT2D eigenvalue weighted by atomic mass is 32.1. The maximum atomic E-state index is 12.3. The number of amides is 1. The molecular weight excluding hydrogens is 338 g/mol. The molecule has 0 saturated carbocycles. The Labute approximate surface area is 146 Å². The van der Waals surface area contributed by atoms with Gasteiger partial charge in [-0.05, 0) is 23.6 Å². The van der Waals surface area contributed by atoms with Crippen molar-refractivity contribution in [1.29, 1.82) is 0 Å². The van der Waals surface area contributed by atoms with Crippen LogP contribution in [-0.4, -0.2) is 25.7 Å². The molecular formula is C17H13N5O2S. The van der Waals surface area contributed by atoms with E-state index in [-0.39, 0.29) is 18.0 Å². The Morgan fingerprint density at radius 1 is 1.20 bits per heavy atom. The highest BCUT2D eigenvalue weighted by Gasteiger charge is 2.12. The van der Waals surface area contributed by atoms with E-state index in [9.17, 15) is 9.59 Å². The monoisotopic (exact) mass is 351 g/mol. The van der Waals surface area contributed by atoms with E-state index in [1.807, 2.05) is 41.8 Å². The number of nitrogens with one attached hydrogen (secondary N) is 2. The molecule has 1 aromatic carbocycles. The van der Waals surface area contributed by atoms with Gasteiger partial charge in [0.05, 0.1) is 23.3 Å². The average Bonchev–Trinajstić information content (AvgIpc) is 3.30. The third-order valence-electron chi connectivity index (χ3n) is 3.65. The third-order valence-corrected chi connectivity index (χ3v) is 4.52.